The summed E-state index contributed by atoms with van der Waals surface area (Å²) in [6, 6.07) is 6.06. The molecule has 2 aromatic rings. The molecule has 2 N–H and O–H groups in total. The van der Waals surface area contributed by atoms with Gasteiger partial charge in [-0.15, -0.1) is 0 Å². The molecule has 0 unspecified atom stereocenters. The van der Waals surface area contributed by atoms with Crippen LogP contribution in [0.5, 0.6) is 0 Å². The summed E-state index contributed by atoms with van der Waals surface area (Å²) in [4.78, 5) is 6.41. The smallest absolute Gasteiger partial charge is 0.0446 e. The van der Waals surface area contributed by atoms with Crippen LogP contribution in [0.4, 0.5) is 11.4 Å². The Bertz CT molecular complexity index is 520. The Morgan fingerprint density at radius 3 is 2.71 bits per heavy atom. The lowest BCUT2D eigenvalue weighted by Gasteiger charge is -2.23. The fraction of sp³-hybridized carbons (Fsp3) is 0.357. The van der Waals surface area contributed by atoms with Gasteiger partial charge < -0.3 is 10.6 Å². The van der Waals surface area contributed by atoms with E-state index in [1.807, 2.05) is 24.5 Å². The van der Waals surface area contributed by atoms with Gasteiger partial charge in [0.15, 0.2) is 0 Å². The van der Waals surface area contributed by atoms with Crippen molar-refractivity contribution in [2.24, 2.45) is 5.92 Å². The third-order valence-electron chi connectivity index (χ3n) is 2.88. The van der Waals surface area contributed by atoms with Crippen LogP contribution in [0.3, 0.4) is 0 Å². The van der Waals surface area contributed by atoms with Gasteiger partial charge in [-0.25, -0.2) is 0 Å². The van der Waals surface area contributed by atoms with E-state index < -0.39 is 0 Å². The van der Waals surface area contributed by atoms with Crippen molar-refractivity contribution in [3.05, 3.63) is 30.6 Å². The third kappa shape index (κ3) is 2.33. The summed E-state index contributed by atoms with van der Waals surface area (Å²) in [6.45, 7) is 5.47. The SMILES string of the molecule is CC(C)CN(C)c1ccc(N)c2cnccc12. The molecule has 1 aromatic carbocycles. The van der Waals surface area contributed by atoms with Gasteiger partial charge in [0.2, 0.25) is 0 Å². The quantitative estimate of drug-likeness (QED) is 0.823. The first-order chi connectivity index (χ1) is 8.09. The topological polar surface area (TPSA) is 42.1 Å². The molecule has 0 aliphatic carbocycles. The average Bonchev–Trinajstić information content (AvgIpc) is 2.29. The van der Waals surface area contributed by atoms with Gasteiger partial charge in [0.1, 0.15) is 0 Å². The van der Waals surface area contributed by atoms with E-state index in [1.165, 1.54) is 11.1 Å². The normalized spacial score (nSPS) is 11.1. The minimum atomic E-state index is 0.634. The van der Waals surface area contributed by atoms with Crippen LogP contribution in [0.15, 0.2) is 30.6 Å². The molecule has 17 heavy (non-hydrogen) atoms. The minimum absolute atomic E-state index is 0.634. The number of nitrogens with zero attached hydrogens (tertiary/aromatic N) is 2. The van der Waals surface area contributed by atoms with Crippen molar-refractivity contribution in [1.82, 2.24) is 4.98 Å². The number of hydrogen-bond donors (Lipinski definition) is 1. The largest absolute Gasteiger partial charge is 0.398 e. The molecule has 2 rings (SSSR count). The summed E-state index contributed by atoms with van der Waals surface area (Å²) < 4.78 is 0. The molecule has 0 radical (unpaired) electrons. The molecule has 0 fully saturated rings. The molecule has 0 spiro atoms. The van der Waals surface area contributed by atoms with Gasteiger partial charge in [0.05, 0.1) is 0 Å². The number of hydrogen-bond acceptors (Lipinski definition) is 3. The molecule has 0 bridgehead atoms. The van der Waals surface area contributed by atoms with Crippen LogP contribution in [0, 0.1) is 5.92 Å². The minimum Gasteiger partial charge on any atom is -0.398 e. The van der Waals surface area contributed by atoms with Crippen molar-refractivity contribution in [2.45, 2.75) is 13.8 Å². The van der Waals surface area contributed by atoms with E-state index in [2.05, 4.69) is 36.8 Å². The van der Waals surface area contributed by atoms with Crippen LogP contribution >= 0.6 is 0 Å². The number of nitrogens with two attached hydrogens (primary N) is 1. The van der Waals surface area contributed by atoms with Gasteiger partial charge in [0, 0.05) is 48.1 Å². The Kier molecular flexibility index (Phi) is 3.18. The highest BCUT2D eigenvalue weighted by Gasteiger charge is 2.09. The highest BCUT2D eigenvalue weighted by molar-refractivity contribution is 6.00. The molecule has 3 nitrogen and oxygen atoms in total. The van der Waals surface area contributed by atoms with Crippen molar-refractivity contribution in [1.29, 1.82) is 0 Å². The predicted molar refractivity (Wildman–Crippen MR) is 74.3 cm³/mol. The molecule has 0 aliphatic heterocycles. The molecular formula is C14H19N3. The second-order valence-electron chi connectivity index (χ2n) is 4.87. The number of aromatic nitrogens is 1. The molecule has 0 atom stereocenters. The fourth-order valence-corrected chi connectivity index (χ4v) is 2.18. The van der Waals surface area contributed by atoms with Gasteiger partial charge in [-0.3, -0.25) is 4.98 Å². The third-order valence-corrected chi connectivity index (χ3v) is 2.88. The van der Waals surface area contributed by atoms with Gasteiger partial charge in [0.25, 0.3) is 0 Å². The summed E-state index contributed by atoms with van der Waals surface area (Å²) in [5.41, 5.74) is 7.97. The summed E-state index contributed by atoms with van der Waals surface area (Å²) in [5, 5.41) is 2.20. The second-order valence-corrected chi connectivity index (χ2v) is 4.87. The van der Waals surface area contributed by atoms with E-state index in [0.29, 0.717) is 5.92 Å². The number of nitrogen functional groups attached to an aromatic ring is 1. The number of pyridine rings is 1. The van der Waals surface area contributed by atoms with Crippen molar-refractivity contribution in [3.8, 4) is 0 Å². The van der Waals surface area contributed by atoms with Crippen LogP contribution in [0.2, 0.25) is 0 Å². The average molecular weight is 229 g/mol. The zero-order valence-corrected chi connectivity index (χ0v) is 10.6. The van der Waals surface area contributed by atoms with Crippen molar-refractivity contribution >= 4 is 22.1 Å². The van der Waals surface area contributed by atoms with Gasteiger partial charge in [-0.2, -0.15) is 0 Å². The number of rotatable bonds is 3. The molecular weight excluding hydrogens is 210 g/mol. The molecule has 0 saturated heterocycles. The highest BCUT2D eigenvalue weighted by Crippen LogP contribution is 2.29. The molecule has 0 amide bonds. The van der Waals surface area contributed by atoms with E-state index in [4.69, 9.17) is 5.73 Å². The van der Waals surface area contributed by atoms with Crippen molar-refractivity contribution in [3.63, 3.8) is 0 Å². The Hall–Kier alpha value is -1.77. The van der Waals surface area contributed by atoms with Gasteiger partial charge >= 0.3 is 0 Å². The molecule has 1 aromatic heterocycles. The molecule has 90 valence electrons. The predicted octanol–water partition coefficient (Wildman–Crippen LogP) is 2.91. The summed E-state index contributed by atoms with van der Waals surface area (Å²) in [6.07, 6.45) is 3.64. The van der Waals surface area contributed by atoms with Crippen LogP contribution in [0.1, 0.15) is 13.8 Å². The van der Waals surface area contributed by atoms with Crippen LogP contribution in [0.25, 0.3) is 10.8 Å². The Labute approximate surface area is 102 Å². The zero-order valence-electron chi connectivity index (χ0n) is 10.6. The molecule has 0 aliphatic rings. The highest BCUT2D eigenvalue weighted by atomic mass is 15.1. The van der Waals surface area contributed by atoms with Crippen LogP contribution in [-0.4, -0.2) is 18.6 Å². The number of anilines is 2. The zero-order chi connectivity index (χ0) is 12.4. The maximum absolute atomic E-state index is 5.97. The summed E-state index contributed by atoms with van der Waals surface area (Å²) >= 11 is 0. The fourth-order valence-electron chi connectivity index (χ4n) is 2.18. The van der Waals surface area contributed by atoms with E-state index in [1.54, 1.807) is 0 Å². The first-order valence-corrected chi connectivity index (χ1v) is 5.93. The molecule has 1 heterocycles. The second kappa shape index (κ2) is 4.62. The molecule has 0 saturated carbocycles. The van der Waals surface area contributed by atoms with Crippen molar-refractivity contribution in [2.75, 3.05) is 24.2 Å². The Morgan fingerprint density at radius 1 is 1.24 bits per heavy atom. The van der Waals surface area contributed by atoms with E-state index in [0.717, 1.165) is 17.6 Å². The lowest BCUT2D eigenvalue weighted by molar-refractivity contribution is 0.639. The van der Waals surface area contributed by atoms with E-state index >= 15 is 0 Å². The monoisotopic (exact) mass is 229 g/mol. The van der Waals surface area contributed by atoms with E-state index in [9.17, 15) is 0 Å². The summed E-state index contributed by atoms with van der Waals surface area (Å²) in [7, 11) is 2.12. The number of benzene rings is 1. The lowest BCUT2D eigenvalue weighted by atomic mass is 10.1. The standard InChI is InChI=1S/C14H19N3/c1-10(2)9-17(3)14-5-4-13(15)12-8-16-7-6-11(12)14/h4-8,10H,9,15H2,1-3H3. The lowest BCUT2D eigenvalue weighted by Crippen LogP contribution is -2.22. The maximum Gasteiger partial charge on any atom is 0.0446 e. The maximum atomic E-state index is 5.97. The van der Waals surface area contributed by atoms with Crippen molar-refractivity contribution < 1.29 is 0 Å². The first-order valence-electron chi connectivity index (χ1n) is 5.93. The van der Waals surface area contributed by atoms with Crippen LogP contribution < -0.4 is 10.6 Å². The number of fused-ring (bicyclic) bond motifs is 1. The van der Waals surface area contributed by atoms with E-state index in [-0.39, 0.29) is 0 Å². The Morgan fingerprint density at radius 2 is 2.00 bits per heavy atom. The molecule has 3 heteroatoms. The first kappa shape index (κ1) is 11.7. The van der Waals surface area contributed by atoms with Gasteiger partial charge in [-0.1, -0.05) is 13.8 Å². The van der Waals surface area contributed by atoms with Gasteiger partial charge in [-0.05, 0) is 24.1 Å². The summed E-state index contributed by atoms with van der Waals surface area (Å²) in [5.74, 6) is 0.634. The Balaban J connectivity index is 2.51. The van der Waals surface area contributed by atoms with Crippen LogP contribution in [-0.2, 0) is 0 Å².